The third kappa shape index (κ3) is 14.3. The van der Waals surface area contributed by atoms with E-state index in [2.05, 4.69) is 23.2 Å². The number of carbonyl (C=O) groups excluding carboxylic acids is 1. The van der Waals surface area contributed by atoms with E-state index in [1.165, 1.54) is 0 Å². The molecule has 1 amide bonds. The van der Waals surface area contributed by atoms with E-state index in [9.17, 15) is 22.4 Å². The van der Waals surface area contributed by atoms with Crippen molar-refractivity contribution in [2.75, 3.05) is 26.4 Å². The summed E-state index contributed by atoms with van der Waals surface area (Å²) in [4.78, 5) is 11.1. The molecule has 0 aromatic carbocycles. The van der Waals surface area contributed by atoms with Gasteiger partial charge in [0.2, 0.25) is 0 Å². The molecular weight excluding hydrogens is 358 g/mol. The molecule has 152 valence electrons. The Hall–Kier alpha value is -2.03. The SMILES string of the molecule is C=C(F)/C=C(/OCCOCCNC(=O)OC(C)C(F)(F)F)C(=C)C.CC. The Morgan fingerprint density at radius 2 is 1.77 bits per heavy atom. The third-order valence-electron chi connectivity index (χ3n) is 2.45. The van der Waals surface area contributed by atoms with Crippen LogP contribution < -0.4 is 5.32 Å². The van der Waals surface area contributed by atoms with Crippen molar-refractivity contribution in [2.45, 2.75) is 40.0 Å². The molecule has 0 aliphatic heterocycles. The molecule has 5 nitrogen and oxygen atoms in total. The van der Waals surface area contributed by atoms with Gasteiger partial charge in [0.25, 0.3) is 0 Å². The molecule has 1 atom stereocenters. The zero-order chi connectivity index (χ0) is 20.8. The van der Waals surface area contributed by atoms with Crippen molar-refractivity contribution in [1.29, 1.82) is 0 Å². The minimum Gasteiger partial charge on any atom is -0.491 e. The summed E-state index contributed by atoms with van der Waals surface area (Å²) in [5.74, 6) is -0.446. The second-order valence-corrected chi connectivity index (χ2v) is 4.71. The highest BCUT2D eigenvalue weighted by Gasteiger charge is 2.39. The molecule has 1 N–H and O–H groups in total. The van der Waals surface area contributed by atoms with Crippen molar-refractivity contribution in [1.82, 2.24) is 5.32 Å². The van der Waals surface area contributed by atoms with Gasteiger partial charge in [0.15, 0.2) is 6.10 Å². The standard InChI is InChI=1S/C15H21F4NO4.C2H6/c1-10(2)13(9-11(3)16)23-8-7-22-6-5-20-14(21)24-12(4)15(17,18)19;1-2/h9,12H,1,3,5-8H2,2,4H3,(H,20,21);1-2H3/b13-9+;. The number of carbonyl (C=O) groups is 1. The molecule has 0 aromatic rings. The van der Waals surface area contributed by atoms with Crippen LogP contribution in [0.3, 0.4) is 0 Å². The molecule has 0 fully saturated rings. The minimum atomic E-state index is -4.61. The molecule has 0 aromatic heterocycles. The number of alkyl carbamates (subject to hydrolysis) is 1. The Kier molecular flexibility index (Phi) is 14.3. The number of allylic oxidation sites excluding steroid dienone is 3. The smallest absolute Gasteiger partial charge is 0.425 e. The number of nitrogens with one attached hydrogen (secondary N) is 1. The van der Waals surface area contributed by atoms with E-state index in [4.69, 9.17) is 9.47 Å². The maximum Gasteiger partial charge on any atom is 0.425 e. The van der Waals surface area contributed by atoms with Crippen molar-refractivity contribution < 1.29 is 36.6 Å². The summed E-state index contributed by atoms with van der Waals surface area (Å²) in [5, 5.41) is 2.12. The predicted molar refractivity (Wildman–Crippen MR) is 91.3 cm³/mol. The summed E-state index contributed by atoms with van der Waals surface area (Å²) in [5.41, 5.74) is 0.511. The molecule has 0 bridgehead atoms. The average molecular weight is 385 g/mol. The van der Waals surface area contributed by atoms with Gasteiger partial charge in [-0.25, -0.2) is 9.18 Å². The van der Waals surface area contributed by atoms with E-state index in [0.717, 1.165) is 13.0 Å². The molecule has 0 aliphatic carbocycles. The Morgan fingerprint density at radius 3 is 2.23 bits per heavy atom. The van der Waals surface area contributed by atoms with Crippen LogP contribution in [0.4, 0.5) is 22.4 Å². The van der Waals surface area contributed by atoms with E-state index >= 15 is 0 Å². The highest BCUT2D eigenvalue weighted by Crippen LogP contribution is 2.22. The Labute approximate surface area is 151 Å². The van der Waals surface area contributed by atoms with Crippen molar-refractivity contribution in [2.24, 2.45) is 0 Å². The second-order valence-electron chi connectivity index (χ2n) is 4.71. The average Bonchev–Trinajstić information content (AvgIpc) is 2.53. The first-order chi connectivity index (χ1) is 12.0. The number of rotatable bonds is 10. The van der Waals surface area contributed by atoms with Crippen molar-refractivity contribution in [3.8, 4) is 0 Å². The van der Waals surface area contributed by atoms with Crippen LogP contribution in [0.1, 0.15) is 27.7 Å². The molecular formula is C17H27F4NO4. The van der Waals surface area contributed by atoms with Gasteiger partial charge < -0.3 is 19.5 Å². The van der Waals surface area contributed by atoms with Crippen LogP contribution in [-0.4, -0.2) is 44.7 Å². The lowest BCUT2D eigenvalue weighted by atomic mass is 10.2. The summed E-state index contributed by atoms with van der Waals surface area (Å²) >= 11 is 0. The molecule has 26 heavy (non-hydrogen) atoms. The number of ether oxygens (including phenoxy) is 3. The highest BCUT2D eigenvalue weighted by molar-refractivity contribution is 5.67. The fourth-order valence-corrected chi connectivity index (χ4v) is 1.24. The molecule has 0 heterocycles. The van der Waals surface area contributed by atoms with Gasteiger partial charge in [-0.3, -0.25) is 0 Å². The van der Waals surface area contributed by atoms with Gasteiger partial charge >= 0.3 is 12.3 Å². The van der Waals surface area contributed by atoms with Gasteiger partial charge in [0.1, 0.15) is 18.2 Å². The zero-order valence-corrected chi connectivity index (χ0v) is 15.5. The molecule has 0 radical (unpaired) electrons. The number of hydrogen-bond donors (Lipinski definition) is 1. The van der Waals surface area contributed by atoms with Gasteiger partial charge in [-0.1, -0.05) is 27.0 Å². The van der Waals surface area contributed by atoms with Crippen LogP contribution in [0.15, 0.2) is 36.4 Å². The Balaban J connectivity index is 0. The minimum absolute atomic E-state index is 0.0339. The van der Waals surface area contributed by atoms with Crippen LogP contribution in [0.2, 0.25) is 0 Å². The van der Waals surface area contributed by atoms with Crippen LogP contribution >= 0.6 is 0 Å². The summed E-state index contributed by atoms with van der Waals surface area (Å²) < 4.78 is 63.6. The largest absolute Gasteiger partial charge is 0.491 e. The van der Waals surface area contributed by atoms with E-state index in [1.54, 1.807) is 6.92 Å². The normalized spacial score (nSPS) is 12.4. The van der Waals surface area contributed by atoms with E-state index in [1.807, 2.05) is 13.8 Å². The Bertz CT molecular complexity index is 476. The first kappa shape index (κ1) is 26.2. The van der Waals surface area contributed by atoms with Crippen molar-refractivity contribution >= 4 is 6.09 Å². The summed E-state index contributed by atoms with van der Waals surface area (Å²) in [6.07, 6.45) is -6.90. The fourth-order valence-electron chi connectivity index (χ4n) is 1.24. The lowest BCUT2D eigenvalue weighted by Crippen LogP contribution is -2.36. The van der Waals surface area contributed by atoms with E-state index < -0.39 is 24.2 Å². The molecule has 9 heteroatoms. The Morgan fingerprint density at radius 1 is 1.19 bits per heavy atom. The lowest BCUT2D eigenvalue weighted by Gasteiger charge is -2.16. The van der Waals surface area contributed by atoms with Crippen LogP contribution in [0.5, 0.6) is 0 Å². The summed E-state index contributed by atoms with van der Waals surface area (Å²) in [7, 11) is 0. The van der Waals surface area contributed by atoms with Crippen LogP contribution in [0.25, 0.3) is 0 Å². The summed E-state index contributed by atoms with van der Waals surface area (Å²) in [6.45, 7) is 13.3. The first-order valence-electron chi connectivity index (χ1n) is 7.97. The fraction of sp³-hybridized carbons (Fsp3) is 0.588. The first-order valence-corrected chi connectivity index (χ1v) is 7.97. The monoisotopic (exact) mass is 385 g/mol. The molecule has 0 rings (SSSR count). The van der Waals surface area contributed by atoms with Gasteiger partial charge in [0, 0.05) is 12.6 Å². The van der Waals surface area contributed by atoms with Gasteiger partial charge in [-0.2, -0.15) is 13.2 Å². The van der Waals surface area contributed by atoms with Crippen LogP contribution in [-0.2, 0) is 14.2 Å². The third-order valence-corrected chi connectivity index (χ3v) is 2.45. The molecule has 0 saturated carbocycles. The molecule has 1 unspecified atom stereocenters. The van der Waals surface area contributed by atoms with Crippen molar-refractivity contribution in [3.63, 3.8) is 0 Å². The number of amides is 1. The van der Waals surface area contributed by atoms with Gasteiger partial charge in [-0.05, 0) is 19.4 Å². The summed E-state index contributed by atoms with van der Waals surface area (Å²) in [6, 6.07) is 0. The van der Waals surface area contributed by atoms with Crippen molar-refractivity contribution in [3.05, 3.63) is 36.4 Å². The lowest BCUT2D eigenvalue weighted by molar-refractivity contribution is -0.197. The second kappa shape index (κ2) is 14.2. The maximum absolute atomic E-state index is 12.7. The molecule has 0 spiro atoms. The van der Waals surface area contributed by atoms with E-state index in [0.29, 0.717) is 5.57 Å². The maximum atomic E-state index is 12.7. The topological polar surface area (TPSA) is 56.8 Å². The van der Waals surface area contributed by atoms with Crippen LogP contribution in [0, 0.1) is 0 Å². The highest BCUT2D eigenvalue weighted by atomic mass is 19.4. The predicted octanol–water partition coefficient (Wildman–Crippen LogP) is 4.67. The zero-order valence-electron chi connectivity index (χ0n) is 15.5. The molecule has 0 aliphatic rings. The number of halogens is 4. The van der Waals surface area contributed by atoms with Gasteiger partial charge in [0.05, 0.1) is 13.2 Å². The quantitative estimate of drug-likeness (QED) is 0.257. The molecule has 0 saturated heterocycles. The number of hydrogen-bond acceptors (Lipinski definition) is 4. The van der Waals surface area contributed by atoms with E-state index in [-0.39, 0.29) is 32.1 Å². The number of alkyl halides is 3. The van der Waals surface area contributed by atoms with Gasteiger partial charge in [-0.15, -0.1) is 0 Å².